The summed E-state index contributed by atoms with van der Waals surface area (Å²) < 4.78 is 1.17. The lowest BCUT2D eigenvalue weighted by molar-refractivity contribution is 0.682. The third-order valence-electron chi connectivity index (χ3n) is 2.85. The maximum Gasteiger partial charge on any atom is 0.0204 e. The molecule has 0 amide bonds. The third kappa shape index (κ3) is 4.64. The predicted molar refractivity (Wildman–Crippen MR) is 80.2 cm³/mol. The molecule has 1 nitrogen and oxygen atoms in total. The lowest BCUT2D eigenvalue weighted by Crippen LogP contribution is -2.18. The molecule has 17 heavy (non-hydrogen) atoms. The van der Waals surface area contributed by atoms with Gasteiger partial charge in [-0.1, -0.05) is 60.5 Å². The lowest BCUT2D eigenvalue weighted by atomic mass is 9.99. The number of likely N-dealkylation sites (N-methyl/N-ethyl adjacent to an activating group) is 1. The van der Waals surface area contributed by atoms with Gasteiger partial charge in [-0.15, -0.1) is 0 Å². The molecule has 0 bridgehead atoms. The third-order valence-corrected chi connectivity index (χ3v) is 3.74. The molecule has 0 aromatic heterocycles. The second-order valence-electron chi connectivity index (χ2n) is 4.66. The van der Waals surface area contributed by atoms with Gasteiger partial charge in [0, 0.05) is 11.0 Å². The first-order chi connectivity index (χ1) is 8.04. The van der Waals surface area contributed by atoms with Crippen LogP contribution in [0.4, 0.5) is 0 Å². The minimum Gasteiger partial charge on any atom is -0.313 e. The molecular weight excluding hydrogens is 274 g/mol. The number of hydrogen-bond donors (Lipinski definition) is 1. The number of hydrogen-bond acceptors (Lipinski definition) is 1. The van der Waals surface area contributed by atoms with E-state index in [2.05, 4.69) is 73.2 Å². The van der Waals surface area contributed by atoms with Gasteiger partial charge in [0.1, 0.15) is 0 Å². The Kier molecular flexibility index (Phi) is 5.93. The van der Waals surface area contributed by atoms with Crippen molar-refractivity contribution in [3.05, 3.63) is 39.4 Å². The fourth-order valence-corrected chi connectivity index (χ4v) is 1.91. The van der Waals surface area contributed by atoms with Crippen molar-refractivity contribution in [2.45, 2.75) is 27.7 Å². The van der Waals surface area contributed by atoms with Crippen LogP contribution in [-0.4, -0.2) is 13.1 Å². The Morgan fingerprint density at radius 3 is 2.65 bits per heavy atom. The van der Waals surface area contributed by atoms with E-state index in [1.165, 1.54) is 21.2 Å². The fourth-order valence-electron chi connectivity index (χ4n) is 1.66. The first-order valence-corrected chi connectivity index (χ1v) is 7.01. The van der Waals surface area contributed by atoms with Crippen molar-refractivity contribution < 1.29 is 0 Å². The van der Waals surface area contributed by atoms with Crippen LogP contribution in [0, 0.1) is 12.8 Å². The van der Waals surface area contributed by atoms with Gasteiger partial charge >= 0.3 is 0 Å². The van der Waals surface area contributed by atoms with Crippen molar-refractivity contribution >= 4 is 22.0 Å². The SMILES string of the molecule is CCNCC(=Cc1ccc(Br)c(C)c1)C(C)C. The van der Waals surface area contributed by atoms with Crippen molar-refractivity contribution in [2.75, 3.05) is 13.1 Å². The summed E-state index contributed by atoms with van der Waals surface area (Å²) in [5.74, 6) is 0.581. The molecule has 0 aliphatic rings. The van der Waals surface area contributed by atoms with Crippen molar-refractivity contribution in [1.29, 1.82) is 0 Å². The van der Waals surface area contributed by atoms with E-state index in [0.29, 0.717) is 5.92 Å². The molecule has 0 atom stereocenters. The van der Waals surface area contributed by atoms with Crippen molar-refractivity contribution in [1.82, 2.24) is 5.32 Å². The highest BCUT2D eigenvalue weighted by Gasteiger charge is 2.03. The van der Waals surface area contributed by atoms with Gasteiger partial charge in [0.25, 0.3) is 0 Å². The van der Waals surface area contributed by atoms with E-state index in [1.54, 1.807) is 0 Å². The van der Waals surface area contributed by atoms with Crippen LogP contribution in [0.25, 0.3) is 6.08 Å². The molecule has 0 aliphatic carbocycles. The van der Waals surface area contributed by atoms with E-state index < -0.39 is 0 Å². The first-order valence-electron chi connectivity index (χ1n) is 6.22. The highest BCUT2D eigenvalue weighted by molar-refractivity contribution is 9.10. The van der Waals surface area contributed by atoms with Crippen LogP contribution >= 0.6 is 15.9 Å². The van der Waals surface area contributed by atoms with Crippen LogP contribution in [0.2, 0.25) is 0 Å². The molecule has 0 saturated carbocycles. The second-order valence-corrected chi connectivity index (χ2v) is 5.52. The summed E-state index contributed by atoms with van der Waals surface area (Å²) in [6.07, 6.45) is 2.30. The Labute approximate surface area is 113 Å². The van der Waals surface area contributed by atoms with Crippen LogP contribution in [0.3, 0.4) is 0 Å². The molecule has 1 aromatic carbocycles. The zero-order chi connectivity index (χ0) is 12.8. The van der Waals surface area contributed by atoms with Gasteiger partial charge in [-0.25, -0.2) is 0 Å². The average molecular weight is 296 g/mol. The quantitative estimate of drug-likeness (QED) is 0.849. The number of rotatable bonds is 5. The normalized spacial score (nSPS) is 12.2. The summed E-state index contributed by atoms with van der Waals surface area (Å²) in [7, 11) is 0. The molecule has 0 spiro atoms. The van der Waals surface area contributed by atoms with Crippen LogP contribution in [0.15, 0.2) is 28.2 Å². The maximum atomic E-state index is 3.53. The van der Waals surface area contributed by atoms with E-state index in [1.807, 2.05) is 0 Å². The summed E-state index contributed by atoms with van der Waals surface area (Å²) in [5, 5.41) is 3.40. The molecule has 0 heterocycles. The van der Waals surface area contributed by atoms with E-state index in [9.17, 15) is 0 Å². The van der Waals surface area contributed by atoms with Gasteiger partial charge in [0.05, 0.1) is 0 Å². The minimum atomic E-state index is 0.581. The Bertz CT molecular complexity index is 394. The highest BCUT2D eigenvalue weighted by Crippen LogP contribution is 2.20. The van der Waals surface area contributed by atoms with E-state index in [4.69, 9.17) is 0 Å². The average Bonchev–Trinajstić information content (AvgIpc) is 2.28. The van der Waals surface area contributed by atoms with E-state index >= 15 is 0 Å². The number of halogens is 1. The van der Waals surface area contributed by atoms with Gasteiger partial charge in [0.2, 0.25) is 0 Å². The molecule has 94 valence electrons. The topological polar surface area (TPSA) is 12.0 Å². The Hall–Kier alpha value is -0.600. The van der Waals surface area contributed by atoms with E-state index in [-0.39, 0.29) is 0 Å². The monoisotopic (exact) mass is 295 g/mol. The molecule has 0 radical (unpaired) electrons. The van der Waals surface area contributed by atoms with Crippen molar-refractivity contribution in [3.8, 4) is 0 Å². The van der Waals surface area contributed by atoms with Gasteiger partial charge in [-0.3, -0.25) is 0 Å². The van der Waals surface area contributed by atoms with Gasteiger partial charge in [0.15, 0.2) is 0 Å². The number of benzene rings is 1. The standard InChI is InChI=1S/C15H22BrN/c1-5-17-10-14(11(2)3)9-13-6-7-15(16)12(4)8-13/h6-9,11,17H,5,10H2,1-4H3. The Morgan fingerprint density at radius 1 is 1.41 bits per heavy atom. The summed E-state index contributed by atoms with van der Waals surface area (Å²) >= 11 is 3.53. The van der Waals surface area contributed by atoms with Crippen molar-refractivity contribution in [3.63, 3.8) is 0 Å². The highest BCUT2D eigenvalue weighted by atomic mass is 79.9. The van der Waals surface area contributed by atoms with Gasteiger partial charge in [-0.05, 0) is 36.6 Å². The largest absolute Gasteiger partial charge is 0.313 e. The van der Waals surface area contributed by atoms with Crippen LogP contribution < -0.4 is 5.32 Å². The Balaban J connectivity index is 2.91. The lowest BCUT2D eigenvalue weighted by Gasteiger charge is -2.12. The molecule has 0 aliphatic heterocycles. The summed E-state index contributed by atoms with van der Waals surface area (Å²) in [6.45, 7) is 10.7. The number of aryl methyl sites for hydroxylation is 1. The zero-order valence-electron chi connectivity index (χ0n) is 11.2. The molecule has 2 heteroatoms. The fraction of sp³-hybridized carbons (Fsp3) is 0.467. The van der Waals surface area contributed by atoms with Crippen LogP contribution in [0.5, 0.6) is 0 Å². The smallest absolute Gasteiger partial charge is 0.0204 e. The summed E-state index contributed by atoms with van der Waals surface area (Å²) in [6, 6.07) is 6.50. The summed E-state index contributed by atoms with van der Waals surface area (Å²) in [5.41, 5.74) is 4.02. The Morgan fingerprint density at radius 2 is 2.12 bits per heavy atom. The van der Waals surface area contributed by atoms with E-state index in [0.717, 1.165) is 13.1 Å². The predicted octanol–water partition coefficient (Wildman–Crippen LogP) is 4.41. The van der Waals surface area contributed by atoms with Gasteiger partial charge in [-0.2, -0.15) is 0 Å². The van der Waals surface area contributed by atoms with Gasteiger partial charge < -0.3 is 5.32 Å². The molecule has 0 fully saturated rings. The summed E-state index contributed by atoms with van der Waals surface area (Å²) in [4.78, 5) is 0. The molecular formula is C15H22BrN. The molecule has 1 N–H and O–H groups in total. The number of nitrogens with one attached hydrogen (secondary N) is 1. The molecule has 0 unspecified atom stereocenters. The zero-order valence-corrected chi connectivity index (χ0v) is 12.8. The molecule has 0 saturated heterocycles. The van der Waals surface area contributed by atoms with Crippen LogP contribution in [0.1, 0.15) is 31.9 Å². The minimum absolute atomic E-state index is 0.581. The van der Waals surface area contributed by atoms with Crippen LogP contribution in [-0.2, 0) is 0 Å². The molecule has 1 rings (SSSR count). The van der Waals surface area contributed by atoms with Crippen molar-refractivity contribution in [2.24, 2.45) is 5.92 Å². The first kappa shape index (κ1) is 14.5. The molecule has 1 aromatic rings. The maximum absolute atomic E-state index is 3.53. The second kappa shape index (κ2) is 6.97.